The van der Waals surface area contributed by atoms with Crippen molar-refractivity contribution < 1.29 is 23.1 Å². The van der Waals surface area contributed by atoms with Crippen LogP contribution in [0.3, 0.4) is 0 Å². The van der Waals surface area contributed by atoms with Crippen molar-refractivity contribution in [2.24, 2.45) is 17.8 Å². The number of benzene rings is 2. The molecule has 1 heterocycles. The predicted molar refractivity (Wildman–Crippen MR) is 161 cm³/mol. The molecule has 0 unspecified atom stereocenters. The Balaban J connectivity index is 1.32. The number of rotatable bonds is 7. The van der Waals surface area contributed by atoms with Gasteiger partial charge in [0.15, 0.2) is 0 Å². The number of nitrogens with one attached hydrogen (secondary N) is 1. The number of carbonyl (C=O) groups excluding carboxylic acids is 1. The first kappa shape index (κ1) is 28.6. The van der Waals surface area contributed by atoms with Crippen LogP contribution >= 0.6 is 11.6 Å². The van der Waals surface area contributed by atoms with E-state index in [1.54, 1.807) is 24.3 Å². The minimum Gasteiger partial charge on any atom is -0.490 e. The van der Waals surface area contributed by atoms with Crippen LogP contribution in [0.1, 0.15) is 66.9 Å². The van der Waals surface area contributed by atoms with Crippen LogP contribution < -0.4 is 14.4 Å². The van der Waals surface area contributed by atoms with Gasteiger partial charge in [-0.25, -0.2) is 13.1 Å². The van der Waals surface area contributed by atoms with E-state index in [1.807, 2.05) is 13.0 Å². The Morgan fingerprint density at radius 2 is 2.07 bits per heavy atom. The molecule has 2 aromatic rings. The smallest absolute Gasteiger partial charge is 0.264 e. The van der Waals surface area contributed by atoms with Gasteiger partial charge >= 0.3 is 0 Å². The van der Waals surface area contributed by atoms with Gasteiger partial charge in [0.05, 0.1) is 23.6 Å². The summed E-state index contributed by atoms with van der Waals surface area (Å²) in [4.78, 5) is 15.6. The van der Waals surface area contributed by atoms with Gasteiger partial charge in [0, 0.05) is 29.1 Å². The van der Waals surface area contributed by atoms with Crippen molar-refractivity contribution in [1.82, 2.24) is 4.72 Å². The summed E-state index contributed by atoms with van der Waals surface area (Å²) in [6.07, 6.45) is 7.37. The molecule has 1 aliphatic heterocycles. The fourth-order valence-electron chi connectivity index (χ4n) is 7.32. The van der Waals surface area contributed by atoms with Gasteiger partial charge in [-0.2, -0.15) is 0 Å². The molecule has 0 bridgehead atoms. The number of halogens is 1. The minimum absolute atomic E-state index is 0.176. The summed E-state index contributed by atoms with van der Waals surface area (Å²) in [7, 11) is -3.78. The second-order valence-corrected chi connectivity index (χ2v) is 15.0. The predicted octanol–water partition coefficient (Wildman–Crippen LogP) is 5.24. The van der Waals surface area contributed by atoms with Gasteiger partial charge in [-0.15, -0.1) is 6.58 Å². The molecule has 4 aliphatic rings. The normalized spacial score (nSPS) is 29.6. The van der Waals surface area contributed by atoms with Crippen molar-refractivity contribution >= 4 is 33.2 Å². The molecule has 2 N–H and O–H groups in total. The Labute approximate surface area is 248 Å². The molecular formula is C32H39ClN2O5S. The monoisotopic (exact) mass is 598 g/mol. The highest BCUT2D eigenvalue weighted by Crippen LogP contribution is 2.46. The van der Waals surface area contributed by atoms with Gasteiger partial charge in [0.1, 0.15) is 5.75 Å². The second kappa shape index (κ2) is 10.9. The largest absolute Gasteiger partial charge is 0.490 e. The summed E-state index contributed by atoms with van der Waals surface area (Å²) in [5.74, 6) is 0.783. The summed E-state index contributed by atoms with van der Waals surface area (Å²) < 4.78 is 34.6. The Hall–Kier alpha value is -2.55. The van der Waals surface area contributed by atoms with Crippen molar-refractivity contribution in [1.29, 1.82) is 0 Å². The Bertz CT molecular complexity index is 1450. The molecule has 0 aromatic heterocycles. The van der Waals surface area contributed by atoms with Crippen molar-refractivity contribution in [3.63, 3.8) is 0 Å². The van der Waals surface area contributed by atoms with Crippen LogP contribution in [-0.4, -0.2) is 50.5 Å². The van der Waals surface area contributed by atoms with Crippen molar-refractivity contribution in [2.75, 3.05) is 24.6 Å². The molecule has 2 aromatic carbocycles. The molecule has 220 valence electrons. The fourth-order valence-corrected chi connectivity index (χ4v) is 9.06. The highest BCUT2D eigenvalue weighted by molar-refractivity contribution is 7.90. The molecule has 41 heavy (non-hydrogen) atoms. The van der Waals surface area contributed by atoms with Crippen LogP contribution in [-0.2, 0) is 21.9 Å². The number of nitrogens with zero attached hydrogens (tertiary/aromatic N) is 1. The summed E-state index contributed by atoms with van der Waals surface area (Å²) in [5.41, 5.74) is 3.34. The van der Waals surface area contributed by atoms with Crippen LogP contribution in [0, 0.1) is 17.8 Å². The number of anilines is 1. The Morgan fingerprint density at radius 1 is 1.27 bits per heavy atom. The van der Waals surface area contributed by atoms with Crippen LogP contribution in [0.5, 0.6) is 5.75 Å². The van der Waals surface area contributed by atoms with E-state index in [9.17, 15) is 18.3 Å². The quantitative estimate of drug-likeness (QED) is 0.423. The third-order valence-electron chi connectivity index (χ3n) is 9.99. The fraction of sp³-hybridized carbons (Fsp3) is 0.531. The summed E-state index contributed by atoms with van der Waals surface area (Å²) >= 11 is 6.37. The zero-order valence-corrected chi connectivity index (χ0v) is 25.1. The number of hydrogen-bond acceptors (Lipinski definition) is 6. The van der Waals surface area contributed by atoms with Gasteiger partial charge in [0.25, 0.3) is 5.91 Å². The molecule has 1 spiro atoms. The van der Waals surface area contributed by atoms with Gasteiger partial charge in [0.2, 0.25) is 10.0 Å². The average Bonchev–Trinajstić information content (AvgIpc) is 3.02. The SMILES string of the molecule is C=C[C@H]1C[C@H](S(=O)(=O)NC(=O)c2ccc3c(c2)N(C[C@@H]2CC[C@H]2[C@H](C)O)C[C@@]2(CCCc4cc(Cl)ccc42)CO3)C1. The standard InChI is InChI=1S/C32H39ClN2O5S/c1-3-21-13-26(14-21)41(38,39)34-31(37)23-7-11-30-29(16-23)35(17-24-6-9-27(24)20(2)36)18-32(19-40-30)12-4-5-22-15-25(33)8-10-28(22)32/h3,7-8,10-11,15-16,20-21,24,26-27,36H,1,4-6,9,12-14,17-19H2,2H3,(H,34,37)/t20-,21-,24-,26-,27-,32-/m0/s1. The number of allylic oxidation sites excluding steroid dienone is 1. The van der Waals surface area contributed by atoms with Crippen LogP contribution in [0.15, 0.2) is 49.1 Å². The van der Waals surface area contributed by atoms with Crippen molar-refractivity contribution in [3.05, 3.63) is 70.8 Å². The first-order chi connectivity index (χ1) is 19.6. The molecule has 0 saturated heterocycles. The topological polar surface area (TPSA) is 95.9 Å². The lowest BCUT2D eigenvalue weighted by Crippen LogP contribution is -2.49. The first-order valence-corrected chi connectivity index (χ1v) is 16.7. The number of ether oxygens (including phenoxy) is 1. The van der Waals surface area contributed by atoms with E-state index in [-0.39, 0.29) is 28.9 Å². The van der Waals surface area contributed by atoms with Crippen LogP contribution in [0.2, 0.25) is 5.02 Å². The van der Waals surface area contributed by atoms with Crippen molar-refractivity contribution in [2.45, 2.75) is 68.6 Å². The van der Waals surface area contributed by atoms with Crippen molar-refractivity contribution in [3.8, 4) is 5.75 Å². The molecule has 3 aliphatic carbocycles. The van der Waals surface area contributed by atoms with Gasteiger partial charge < -0.3 is 14.7 Å². The van der Waals surface area contributed by atoms with E-state index in [0.717, 1.165) is 49.4 Å². The number of hydrogen-bond donors (Lipinski definition) is 2. The van der Waals surface area contributed by atoms with E-state index in [4.69, 9.17) is 16.3 Å². The van der Waals surface area contributed by atoms with E-state index in [1.165, 1.54) is 11.1 Å². The lowest BCUT2D eigenvalue weighted by atomic mass is 9.68. The number of sulfonamides is 1. The first-order valence-electron chi connectivity index (χ1n) is 14.8. The lowest BCUT2D eigenvalue weighted by Gasteiger charge is -2.45. The second-order valence-electron chi connectivity index (χ2n) is 12.6. The molecule has 0 radical (unpaired) electrons. The highest BCUT2D eigenvalue weighted by atomic mass is 35.5. The van der Waals surface area contributed by atoms with Crippen LogP contribution in [0.4, 0.5) is 5.69 Å². The molecule has 2 saturated carbocycles. The van der Waals surface area contributed by atoms with E-state index in [2.05, 4.69) is 28.3 Å². The van der Waals surface area contributed by atoms with E-state index >= 15 is 0 Å². The Kier molecular flexibility index (Phi) is 7.62. The third-order valence-corrected chi connectivity index (χ3v) is 12.0. The zero-order chi connectivity index (χ0) is 28.9. The molecule has 4 atom stereocenters. The maximum Gasteiger partial charge on any atom is 0.264 e. The van der Waals surface area contributed by atoms with Crippen LogP contribution in [0.25, 0.3) is 0 Å². The number of fused-ring (bicyclic) bond motifs is 3. The number of carbonyl (C=O) groups is 1. The maximum absolute atomic E-state index is 13.2. The summed E-state index contributed by atoms with van der Waals surface area (Å²) in [6, 6.07) is 11.4. The zero-order valence-electron chi connectivity index (χ0n) is 23.5. The van der Waals surface area contributed by atoms with Gasteiger partial charge in [-0.05, 0) is 111 Å². The molecule has 7 nitrogen and oxygen atoms in total. The maximum atomic E-state index is 13.2. The Morgan fingerprint density at radius 3 is 2.78 bits per heavy atom. The number of aliphatic hydroxyl groups is 1. The molecule has 6 rings (SSSR count). The lowest BCUT2D eigenvalue weighted by molar-refractivity contribution is 0.0278. The molecule has 1 amide bonds. The highest BCUT2D eigenvalue weighted by Gasteiger charge is 2.44. The number of aryl methyl sites for hydroxylation is 1. The molecule has 2 fully saturated rings. The number of aliphatic hydroxyl groups excluding tert-OH is 1. The third kappa shape index (κ3) is 5.39. The molecular weight excluding hydrogens is 560 g/mol. The van der Waals surface area contributed by atoms with E-state index < -0.39 is 21.2 Å². The van der Waals surface area contributed by atoms with Gasteiger partial charge in [-0.3, -0.25) is 4.79 Å². The summed E-state index contributed by atoms with van der Waals surface area (Å²) in [6.45, 7) is 7.53. The van der Waals surface area contributed by atoms with Gasteiger partial charge in [-0.1, -0.05) is 23.7 Å². The molecule has 9 heteroatoms. The number of amides is 1. The summed E-state index contributed by atoms with van der Waals surface area (Å²) in [5, 5.41) is 10.5. The average molecular weight is 599 g/mol. The minimum atomic E-state index is -3.78. The van der Waals surface area contributed by atoms with E-state index in [0.29, 0.717) is 37.7 Å².